The lowest BCUT2D eigenvalue weighted by atomic mass is 10.0. The van der Waals surface area contributed by atoms with Gasteiger partial charge >= 0.3 is 0 Å². The third-order valence-corrected chi connectivity index (χ3v) is 6.05. The number of rotatable bonds is 5. The molecule has 0 spiro atoms. The van der Waals surface area contributed by atoms with Crippen molar-refractivity contribution in [3.8, 4) is 11.1 Å². The number of nitrogens with zero attached hydrogens (tertiary/aromatic N) is 2. The van der Waals surface area contributed by atoms with Crippen LogP contribution in [0.1, 0.15) is 20.7 Å². The highest BCUT2D eigenvalue weighted by Crippen LogP contribution is 2.21. The van der Waals surface area contributed by atoms with Gasteiger partial charge in [0.1, 0.15) is 5.82 Å². The Balaban J connectivity index is 1.26. The molecule has 3 aromatic carbocycles. The average molecular weight is 480 g/mol. The van der Waals surface area contributed by atoms with Crippen LogP contribution in [0, 0.1) is 5.82 Å². The van der Waals surface area contributed by atoms with Crippen LogP contribution in [0.2, 0.25) is 5.02 Å². The smallest absolute Gasteiger partial charge is 0.255 e. The van der Waals surface area contributed by atoms with Gasteiger partial charge in [-0.2, -0.15) is 0 Å². The molecule has 1 aliphatic heterocycles. The Kier molecular flexibility index (Phi) is 7.23. The molecule has 0 atom stereocenters. The first-order valence-corrected chi connectivity index (χ1v) is 11.3. The summed E-state index contributed by atoms with van der Waals surface area (Å²) in [5, 5.41) is 2.72. The minimum atomic E-state index is -0.508. The van der Waals surface area contributed by atoms with E-state index in [0.717, 1.165) is 17.2 Å². The highest BCUT2D eigenvalue weighted by Gasteiger charge is 2.26. The van der Waals surface area contributed by atoms with E-state index in [1.54, 1.807) is 21.9 Å². The van der Waals surface area contributed by atoms with Gasteiger partial charge in [-0.05, 0) is 41.5 Å². The van der Waals surface area contributed by atoms with Crippen molar-refractivity contribution in [3.63, 3.8) is 0 Å². The molecule has 0 radical (unpaired) electrons. The topological polar surface area (TPSA) is 69.7 Å². The molecular weight excluding hydrogens is 457 g/mol. The predicted octanol–water partition coefficient (Wildman–Crippen LogP) is 3.86. The maximum absolute atomic E-state index is 13.2. The molecule has 1 saturated heterocycles. The van der Waals surface area contributed by atoms with Gasteiger partial charge in [-0.3, -0.25) is 14.4 Å². The van der Waals surface area contributed by atoms with Crippen LogP contribution in [-0.2, 0) is 4.79 Å². The second-order valence-electron chi connectivity index (χ2n) is 7.92. The van der Waals surface area contributed by atoms with Gasteiger partial charge in [0, 0.05) is 31.7 Å². The zero-order chi connectivity index (χ0) is 24.1. The minimum Gasteiger partial charge on any atom is -0.343 e. The number of hydrogen-bond acceptors (Lipinski definition) is 3. The summed E-state index contributed by atoms with van der Waals surface area (Å²) in [6.45, 7) is 1.20. The van der Waals surface area contributed by atoms with E-state index in [1.807, 2.05) is 42.5 Å². The molecule has 34 heavy (non-hydrogen) atoms. The molecule has 0 saturated carbocycles. The van der Waals surface area contributed by atoms with Crippen LogP contribution in [0.5, 0.6) is 0 Å². The first kappa shape index (κ1) is 23.4. The highest BCUT2D eigenvalue weighted by atomic mass is 35.5. The van der Waals surface area contributed by atoms with Crippen molar-refractivity contribution in [1.29, 1.82) is 0 Å². The molecule has 1 aliphatic rings. The fraction of sp³-hybridized carbons (Fsp3) is 0.192. The molecule has 0 aliphatic carbocycles. The van der Waals surface area contributed by atoms with Crippen molar-refractivity contribution in [2.24, 2.45) is 0 Å². The third kappa shape index (κ3) is 5.43. The number of carbonyl (C=O) groups excluding carboxylic acids is 3. The SMILES string of the molecule is O=C(NCC(=O)N1CCN(C(=O)c2ccc(F)cc2Cl)CC1)c1ccc(-c2ccccc2)cc1. The summed E-state index contributed by atoms with van der Waals surface area (Å²) in [4.78, 5) is 40.9. The van der Waals surface area contributed by atoms with E-state index in [1.165, 1.54) is 12.1 Å². The molecule has 0 unspecified atom stereocenters. The van der Waals surface area contributed by atoms with Gasteiger partial charge in [-0.25, -0.2) is 4.39 Å². The van der Waals surface area contributed by atoms with Crippen molar-refractivity contribution in [1.82, 2.24) is 15.1 Å². The lowest BCUT2D eigenvalue weighted by Crippen LogP contribution is -2.52. The minimum absolute atomic E-state index is 0.0584. The van der Waals surface area contributed by atoms with Crippen molar-refractivity contribution in [2.75, 3.05) is 32.7 Å². The van der Waals surface area contributed by atoms with Gasteiger partial charge in [-0.1, -0.05) is 54.1 Å². The molecule has 0 bridgehead atoms. The molecule has 1 heterocycles. The molecular formula is C26H23ClFN3O3. The Labute approximate surface area is 201 Å². The summed E-state index contributed by atoms with van der Waals surface area (Å²) in [5.41, 5.74) is 2.76. The average Bonchev–Trinajstić information content (AvgIpc) is 2.87. The summed E-state index contributed by atoms with van der Waals surface area (Å²) in [7, 11) is 0. The number of carbonyl (C=O) groups is 3. The van der Waals surface area contributed by atoms with E-state index in [-0.39, 0.29) is 34.9 Å². The quantitative estimate of drug-likeness (QED) is 0.604. The number of nitrogens with one attached hydrogen (secondary N) is 1. The van der Waals surface area contributed by atoms with Crippen LogP contribution in [0.3, 0.4) is 0 Å². The number of hydrogen-bond donors (Lipinski definition) is 1. The Morgan fingerprint density at radius 3 is 2.09 bits per heavy atom. The fourth-order valence-corrected chi connectivity index (χ4v) is 4.05. The van der Waals surface area contributed by atoms with Crippen LogP contribution in [0.4, 0.5) is 4.39 Å². The van der Waals surface area contributed by atoms with E-state index in [2.05, 4.69) is 5.32 Å². The molecule has 8 heteroatoms. The Bertz CT molecular complexity index is 1190. The van der Waals surface area contributed by atoms with Crippen molar-refractivity contribution < 1.29 is 18.8 Å². The molecule has 1 fully saturated rings. The first-order valence-electron chi connectivity index (χ1n) is 10.9. The van der Waals surface area contributed by atoms with Gasteiger partial charge in [-0.15, -0.1) is 0 Å². The normalized spacial score (nSPS) is 13.5. The molecule has 4 rings (SSSR count). The van der Waals surface area contributed by atoms with Crippen molar-refractivity contribution in [2.45, 2.75) is 0 Å². The van der Waals surface area contributed by atoms with Crippen molar-refractivity contribution in [3.05, 3.63) is 94.8 Å². The molecule has 174 valence electrons. The largest absolute Gasteiger partial charge is 0.343 e. The van der Waals surface area contributed by atoms with E-state index in [9.17, 15) is 18.8 Å². The van der Waals surface area contributed by atoms with Gasteiger partial charge in [0.15, 0.2) is 0 Å². The lowest BCUT2D eigenvalue weighted by molar-refractivity contribution is -0.131. The zero-order valence-electron chi connectivity index (χ0n) is 18.3. The summed E-state index contributed by atoms with van der Waals surface area (Å²) in [6.07, 6.45) is 0. The maximum Gasteiger partial charge on any atom is 0.255 e. The Hall–Kier alpha value is -3.71. The molecule has 3 aromatic rings. The van der Waals surface area contributed by atoms with Crippen LogP contribution < -0.4 is 5.32 Å². The summed E-state index contributed by atoms with van der Waals surface area (Å²) < 4.78 is 13.2. The second kappa shape index (κ2) is 10.5. The maximum atomic E-state index is 13.2. The van der Waals surface area contributed by atoms with E-state index >= 15 is 0 Å². The third-order valence-electron chi connectivity index (χ3n) is 5.74. The number of piperazine rings is 1. The number of halogens is 2. The highest BCUT2D eigenvalue weighted by molar-refractivity contribution is 6.33. The van der Waals surface area contributed by atoms with Crippen LogP contribution >= 0.6 is 11.6 Å². The summed E-state index contributed by atoms with van der Waals surface area (Å²) in [5.74, 6) is -1.36. The van der Waals surface area contributed by atoms with E-state index < -0.39 is 5.82 Å². The zero-order valence-corrected chi connectivity index (χ0v) is 19.1. The van der Waals surface area contributed by atoms with E-state index in [4.69, 9.17) is 11.6 Å². The van der Waals surface area contributed by atoms with Gasteiger partial charge in [0.25, 0.3) is 11.8 Å². The monoisotopic (exact) mass is 479 g/mol. The van der Waals surface area contributed by atoms with Crippen LogP contribution in [0.25, 0.3) is 11.1 Å². The number of amides is 3. The fourth-order valence-electron chi connectivity index (χ4n) is 3.81. The molecule has 6 nitrogen and oxygen atoms in total. The first-order chi connectivity index (χ1) is 16.4. The summed E-state index contributed by atoms with van der Waals surface area (Å²) >= 11 is 5.99. The molecule has 0 aromatic heterocycles. The second-order valence-corrected chi connectivity index (χ2v) is 8.33. The predicted molar refractivity (Wildman–Crippen MR) is 128 cm³/mol. The van der Waals surface area contributed by atoms with Crippen LogP contribution in [0.15, 0.2) is 72.8 Å². The standard InChI is InChI=1S/C26H23ClFN3O3/c27-23-16-21(28)10-11-22(23)26(34)31-14-12-30(13-15-31)24(32)17-29-25(33)20-8-6-19(7-9-20)18-4-2-1-3-5-18/h1-11,16H,12-15,17H2,(H,29,33). The van der Waals surface area contributed by atoms with E-state index in [0.29, 0.717) is 31.7 Å². The lowest BCUT2D eigenvalue weighted by Gasteiger charge is -2.35. The molecule has 1 N–H and O–H groups in total. The number of benzene rings is 3. The van der Waals surface area contributed by atoms with Crippen LogP contribution in [-0.4, -0.2) is 60.2 Å². The molecule has 3 amide bonds. The summed E-state index contributed by atoms with van der Waals surface area (Å²) in [6, 6.07) is 20.7. The van der Waals surface area contributed by atoms with Gasteiger partial charge in [0.2, 0.25) is 5.91 Å². The van der Waals surface area contributed by atoms with Crippen molar-refractivity contribution >= 4 is 29.3 Å². The van der Waals surface area contributed by atoms with Gasteiger partial charge in [0.05, 0.1) is 17.1 Å². The Morgan fingerprint density at radius 1 is 0.824 bits per heavy atom. The Morgan fingerprint density at radius 2 is 1.44 bits per heavy atom. The van der Waals surface area contributed by atoms with Gasteiger partial charge < -0.3 is 15.1 Å².